The largest absolute Gasteiger partial charge is 0.368 e. The molecular weight excluding hydrogens is 224 g/mol. The summed E-state index contributed by atoms with van der Waals surface area (Å²) in [5.41, 5.74) is 7.27. The first-order valence-electron chi connectivity index (χ1n) is 7.42. The summed E-state index contributed by atoms with van der Waals surface area (Å²) >= 11 is 0. The van der Waals surface area contributed by atoms with Crippen LogP contribution in [0.25, 0.3) is 0 Å². The molecule has 0 radical (unpaired) electrons. The zero-order valence-corrected chi connectivity index (χ0v) is 10.9. The van der Waals surface area contributed by atoms with Gasteiger partial charge in [0.25, 0.3) is 0 Å². The van der Waals surface area contributed by atoms with E-state index >= 15 is 0 Å². The quantitative estimate of drug-likeness (QED) is 0.889. The van der Waals surface area contributed by atoms with E-state index in [1.54, 1.807) is 0 Å². The van der Waals surface area contributed by atoms with Crippen molar-refractivity contribution in [2.24, 2.45) is 23.2 Å². The Kier molecular flexibility index (Phi) is 2.27. The lowest BCUT2D eigenvalue weighted by Crippen LogP contribution is -2.46. The van der Waals surface area contributed by atoms with Crippen molar-refractivity contribution in [2.75, 3.05) is 5.73 Å². The average Bonchev–Trinajstić information content (AvgIpc) is 2.71. The maximum Gasteiger partial charge on any atom is 0.222 e. The Morgan fingerprint density at radius 1 is 1.17 bits per heavy atom. The van der Waals surface area contributed by atoms with Crippen molar-refractivity contribution in [1.82, 2.24) is 5.16 Å². The molecule has 3 heteroatoms. The van der Waals surface area contributed by atoms with Crippen LogP contribution in [0, 0.1) is 23.2 Å². The molecular formula is C15H22N2O. The van der Waals surface area contributed by atoms with Gasteiger partial charge >= 0.3 is 0 Å². The molecule has 0 spiro atoms. The Balaban J connectivity index is 1.47. The highest BCUT2D eigenvalue weighted by atomic mass is 16.5. The first-order chi connectivity index (χ1) is 8.71. The number of aryl methyl sites for hydroxylation is 1. The third-order valence-electron chi connectivity index (χ3n) is 5.65. The number of rotatable bonds is 3. The minimum Gasteiger partial charge on any atom is -0.368 e. The monoisotopic (exact) mass is 246 g/mol. The molecule has 98 valence electrons. The highest BCUT2D eigenvalue weighted by molar-refractivity contribution is 5.24. The lowest BCUT2D eigenvalue weighted by Gasteiger charge is -2.57. The van der Waals surface area contributed by atoms with Gasteiger partial charge in [0.2, 0.25) is 5.88 Å². The third kappa shape index (κ3) is 1.75. The van der Waals surface area contributed by atoms with Crippen LogP contribution < -0.4 is 5.73 Å². The van der Waals surface area contributed by atoms with E-state index in [1.165, 1.54) is 44.9 Å². The minimum absolute atomic E-state index is 0.454. The topological polar surface area (TPSA) is 52.0 Å². The van der Waals surface area contributed by atoms with Gasteiger partial charge in [0.15, 0.2) is 0 Å². The summed E-state index contributed by atoms with van der Waals surface area (Å²) in [5, 5.41) is 4.03. The lowest BCUT2D eigenvalue weighted by molar-refractivity contribution is -0.0571. The predicted octanol–water partition coefficient (Wildman–Crippen LogP) is 3.41. The van der Waals surface area contributed by atoms with Crippen LogP contribution in [0.2, 0.25) is 0 Å². The number of nitrogens with zero attached hydrogens (tertiary/aromatic N) is 1. The second kappa shape index (κ2) is 3.75. The summed E-state index contributed by atoms with van der Waals surface area (Å²) in [6.45, 7) is 0. The molecule has 4 bridgehead atoms. The Bertz CT molecular complexity index is 416. The van der Waals surface area contributed by atoms with Gasteiger partial charge in [0, 0.05) is 6.07 Å². The number of anilines is 1. The molecule has 0 unspecified atom stereocenters. The molecule has 1 heterocycles. The van der Waals surface area contributed by atoms with Crippen LogP contribution in [-0.4, -0.2) is 5.16 Å². The molecule has 4 saturated carbocycles. The fourth-order valence-corrected chi connectivity index (χ4v) is 5.44. The van der Waals surface area contributed by atoms with Crippen molar-refractivity contribution >= 4 is 5.88 Å². The molecule has 4 aliphatic rings. The Morgan fingerprint density at radius 2 is 1.78 bits per heavy atom. The van der Waals surface area contributed by atoms with E-state index < -0.39 is 0 Å². The molecule has 2 N–H and O–H groups in total. The maximum absolute atomic E-state index is 5.59. The molecule has 0 aliphatic heterocycles. The predicted molar refractivity (Wildman–Crippen MR) is 69.8 cm³/mol. The minimum atomic E-state index is 0.454. The van der Waals surface area contributed by atoms with E-state index in [0.29, 0.717) is 11.3 Å². The summed E-state index contributed by atoms with van der Waals surface area (Å²) in [7, 11) is 0. The number of hydrogen-bond acceptors (Lipinski definition) is 3. The fraction of sp³-hybridized carbons (Fsp3) is 0.800. The van der Waals surface area contributed by atoms with E-state index in [1.807, 2.05) is 6.07 Å². The van der Waals surface area contributed by atoms with Crippen LogP contribution >= 0.6 is 0 Å². The summed E-state index contributed by atoms with van der Waals surface area (Å²) in [5.74, 6) is 3.58. The summed E-state index contributed by atoms with van der Waals surface area (Å²) in [6, 6.07) is 1.89. The SMILES string of the molecule is Nc1cc(CCC23CC4CC(CC(C4)C2)C3)no1. The maximum atomic E-state index is 5.59. The van der Waals surface area contributed by atoms with E-state index in [9.17, 15) is 0 Å². The van der Waals surface area contributed by atoms with Gasteiger partial charge in [0.1, 0.15) is 0 Å². The van der Waals surface area contributed by atoms with Gasteiger partial charge in [-0.3, -0.25) is 0 Å². The van der Waals surface area contributed by atoms with Gasteiger partial charge in [-0.05, 0) is 74.5 Å². The number of aromatic nitrogens is 1. The van der Waals surface area contributed by atoms with Crippen molar-refractivity contribution in [3.05, 3.63) is 11.8 Å². The second-order valence-electron chi connectivity index (χ2n) is 7.14. The van der Waals surface area contributed by atoms with Gasteiger partial charge in [-0.1, -0.05) is 5.16 Å². The molecule has 3 nitrogen and oxygen atoms in total. The van der Waals surface area contributed by atoms with Crippen LogP contribution in [0.5, 0.6) is 0 Å². The Morgan fingerprint density at radius 3 is 2.28 bits per heavy atom. The van der Waals surface area contributed by atoms with Crippen molar-refractivity contribution in [2.45, 2.75) is 51.4 Å². The summed E-state index contributed by atoms with van der Waals surface area (Å²) < 4.78 is 4.96. The number of nitrogens with two attached hydrogens (primary N) is 1. The zero-order chi connectivity index (χ0) is 12.2. The molecule has 0 atom stereocenters. The van der Waals surface area contributed by atoms with Crippen molar-refractivity contribution in [3.8, 4) is 0 Å². The summed E-state index contributed by atoms with van der Waals surface area (Å²) in [6.07, 6.45) is 11.4. The Hall–Kier alpha value is -0.990. The van der Waals surface area contributed by atoms with Crippen molar-refractivity contribution in [1.29, 1.82) is 0 Å². The van der Waals surface area contributed by atoms with Gasteiger partial charge in [0.05, 0.1) is 5.69 Å². The van der Waals surface area contributed by atoms with Gasteiger partial charge in [-0.15, -0.1) is 0 Å². The molecule has 5 rings (SSSR count). The number of nitrogen functional groups attached to an aromatic ring is 1. The molecule has 0 aromatic carbocycles. The van der Waals surface area contributed by atoms with Gasteiger partial charge in [-0.2, -0.15) is 0 Å². The smallest absolute Gasteiger partial charge is 0.222 e. The molecule has 1 aromatic rings. The van der Waals surface area contributed by atoms with Crippen molar-refractivity contribution < 1.29 is 4.52 Å². The average molecular weight is 246 g/mol. The normalized spacial score (nSPS) is 41.4. The van der Waals surface area contributed by atoms with Crippen LogP contribution in [0.3, 0.4) is 0 Å². The first kappa shape index (κ1) is 10.9. The van der Waals surface area contributed by atoms with Crippen LogP contribution in [0.15, 0.2) is 10.6 Å². The molecule has 4 fully saturated rings. The standard InChI is InChI=1S/C15H22N2O/c16-14-6-13(17-18-14)1-2-15-7-10-3-11(8-15)5-12(4-10)9-15/h6,10-12H,1-5,7-9,16H2. The van der Waals surface area contributed by atoms with Gasteiger partial charge < -0.3 is 10.3 Å². The highest BCUT2D eigenvalue weighted by Crippen LogP contribution is 2.61. The van der Waals surface area contributed by atoms with Crippen molar-refractivity contribution in [3.63, 3.8) is 0 Å². The zero-order valence-electron chi connectivity index (χ0n) is 10.9. The van der Waals surface area contributed by atoms with Crippen LogP contribution in [-0.2, 0) is 6.42 Å². The van der Waals surface area contributed by atoms with Gasteiger partial charge in [-0.25, -0.2) is 0 Å². The molecule has 1 aromatic heterocycles. The molecule has 4 aliphatic carbocycles. The summed E-state index contributed by atoms with van der Waals surface area (Å²) in [4.78, 5) is 0. The van der Waals surface area contributed by atoms with E-state index in [2.05, 4.69) is 5.16 Å². The third-order valence-corrected chi connectivity index (χ3v) is 5.65. The van der Waals surface area contributed by atoms with Crippen LogP contribution in [0.1, 0.15) is 50.6 Å². The first-order valence-corrected chi connectivity index (χ1v) is 7.42. The Labute approximate surface area is 108 Å². The van der Waals surface area contributed by atoms with E-state index in [0.717, 1.165) is 29.9 Å². The van der Waals surface area contributed by atoms with Crippen LogP contribution in [0.4, 0.5) is 5.88 Å². The molecule has 18 heavy (non-hydrogen) atoms. The second-order valence-corrected chi connectivity index (χ2v) is 7.14. The lowest BCUT2D eigenvalue weighted by atomic mass is 9.48. The van der Waals surface area contributed by atoms with E-state index in [4.69, 9.17) is 10.3 Å². The molecule has 0 saturated heterocycles. The molecule has 0 amide bonds. The fourth-order valence-electron chi connectivity index (χ4n) is 5.44. The van der Waals surface area contributed by atoms with E-state index in [-0.39, 0.29) is 0 Å². The number of hydrogen-bond donors (Lipinski definition) is 1. The highest BCUT2D eigenvalue weighted by Gasteiger charge is 2.50.